The fourth-order valence-corrected chi connectivity index (χ4v) is 2.11. The van der Waals surface area contributed by atoms with Crippen molar-refractivity contribution in [1.29, 1.82) is 0 Å². The molecule has 0 aliphatic rings. The highest BCUT2D eigenvalue weighted by atomic mass is 79.9. The minimum absolute atomic E-state index is 0.518. The molecule has 3 aromatic rings. The smallest absolute Gasteiger partial charge is 0.218 e. The first-order valence-electron chi connectivity index (χ1n) is 5.17. The minimum atomic E-state index is 0.518. The van der Waals surface area contributed by atoms with Crippen LogP contribution in [0.4, 0.5) is 0 Å². The molecule has 18 heavy (non-hydrogen) atoms. The maximum Gasteiger partial charge on any atom is 0.218 e. The summed E-state index contributed by atoms with van der Waals surface area (Å²) in [5, 5.41) is 4.78. The van der Waals surface area contributed by atoms with E-state index in [9.17, 15) is 0 Å². The van der Waals surface area contributed by atoms with Crippen LogP contribution in [0.15, 0.2) is 47.3 Å². The van der Waals surface area contributed by atoms with Crippen LogP contribution in [0.3, 0.4) is 0 Å². The largest absolute Gasteiger partial charge is 0.453 e. The molecular weight excluding hydrogens is 318 g/mol. The average Bonchev–Trinajstić information content (AvgIpc) is 2.71. The molecule has 4 nitrogen and oxygen atoms in total. The Morgan fingerprint density at radius 2 is 2.11 bits per heavy atom. The molecule has 0 fully saturated rings. The summed E-state index contributed by atoms with van der Waals surface area (Å²) in [5.74, 6) is 1.28. The van der Waals surface area contributed by atoms with Crippen molar-refractivity contribution >= 4 is 33.2 Å². The highest BCUT2D eigenvalue weighted by molar-refractivity contribution is 9.10. The van der Waals surface area contributed by atoms with Gasteiger partial charge in [-0.1, -0.05) is 17.7 Å². The summed E-state index contributed by atoms with van der Waals surface area (Å²) in [6.07, 6.45) is 1.80. The van der Waals surface area contributed by atoms with Gasteiger partial charge in [-0.15, -0.1) is 5.10 Å². The van der Waals surface area contributed by atoms with E-state index in [1.807, 2.05) is 24.3 Å². The third-order valence-corrected chi connectivity index (χ3v) is 2.90. The monoisotopic (exact) mass is 323 g/mol. The van der Waals surface area contributed by atoms with Crippen LogP contribution >= 0.6 is 27.5 Å². The molecule has 0 aliphatic heterocycles. The maximum atomic E-state index is 5.91. The van der Waals surface area contributed by atoms with E-state index in [1.165, 1.54) is 0 Å². The summed E-state index contributed by atoms with van der Waals surface area (Å²) >= 11 is 9.15. The number of nitrogens with zero attached hydrogens (tertiary/aromatic N) is 3. The molecule has 2 heterocycles. The molecule has 0 saturated heterocycles. The second-order valence-corrected chi connectivity index (χ2v) is 4.73. The number of pyridine rings is 1. The Bertz CT molecular complexity index is 713. The molecule has 0 amide bonds. The number of rotatable bonds is 2. The van der Waals surface area contributed by atoms with Gasteiger partial charge < -0.3 is 4.74 Å². The Kier molecular flexibility index (Phi) is 2.93. The van der Waals surface area contributed by atoms with Crippen molar-refractivity contribution in [2.45, 2.75) is 0 Å². The minimum Gasteiger partial charge on any atom is -0.453 e. The van der Waals surface area contributed by atoms with Gasteiger partial charge in [-0.3, -0.25) is 0 Å². The molecule has 0 atom stereocenters. The predicted molar refractivity (Wildman–Crippen MR) is 72.2 cm³/mol. The van der Waals surface area contributed by atoms with Gasteiger partial charge in [0.25, 0.3) is 0 Å². The molecule has 2 aromatic heterocycles. The predicted octanol–water partition coefficient (Wildman–Crippen LogP) is 3.94. The van der Waals surface area contributed by atoms with Crippen molar-refractivity contribution in [3.63, 3.8) is 0 Å². The van der Waals surface area contributed by atoms with Crippen LogP contribution in [0.5, 0.6) is 11.5 Å². The quantitative estimate of drug-likeness (QED) is 0.717. The molecule has 0 bridgehead atoms. The molecular formula is C12H7BrClN3O. The van der Waals surface area contributed by atoms with Gasteiger partial charge >= 0.3 is 0 Å². The Morgan fingerprint density at radius 1 is 1.22 bits per heavy atom. The molecule has 90 valence electrons. The average molecular weight is 325 g/mol. The summed E-state index contributed by atoms with van der Waals surface area (Å²) in [4.78, 5) is 4.24. The van der Waals surface area contributed by atoms with E-state index in [4.69, 9.17) is 16.3 Å². The van der Waals surface area contributed by atoms with Crippen molar-refractivity contribution in [1.82, 2.24) is 14.6 Å². The maximum absolute atomic E-state index is 5.91. The zero-order valence-electron chi connectivity index (χ0n) is 9.05. The van der Waals surface area contributed by atoms with E-state index < -0.39 is 0 Å². The van der Waals surface area contributed by atoms with Crippen LogP contribution in [0, 0.1) is 0 Å². The Labute approximate surface area is 116 Å². The first-order valence-corrected chi connectivity index (χ1v) is 6.34. The van der Waals surface area contributed by atoms with Crippen LogP contribution in [0.2, 0.25) is 5.02 Å². The van der Waals surface area contributed by atoms with Crippen molar-refractivity contribution < 1.29 is 4.74 Å². The molecule has 1 aromatic carbocycles. The summed E-state index contributed by atoms with van der Waals surface area (Å²) in [6, 6.07) is 10.9. The molecule has 0 saturated carbocycles. The Balaban J connectivity index is 2.04. The SMILES string of the molecule is Clc1cccc(Oc2cccn3nc(Br)nc23)c1. The highest BCUT2D eigenvalue weighted by Gasteiger charge is 2.08. The lowest BCUT2D eigenvalue weighted by atomic mass is 10.3. The standard InChI is InChI=1S/C12H7BrClN3O/c13-12-15-11-10(5-2-6-17(11)16-12)18-9-4-1-3-8(14)7-9/h1-7H. The molecule has 0 aliphatic carbocycles. The van der Waals surface area contributed by atoms with E-state index in [0.717, 1.165) is 0 Å². The van der Waals surface area contributed by atoms with Crippen molar-refractivity contribution in [2.24, 2.45) is 0 Å². The van der Waals surface area contributed by atoms with Gasteiger partial charge in [-0.05, 0) is 46.3 Å². The number of hydrogen-bond acceptors (Lipinski definition) is 3. The fourth-order valence-electron chi connectivity index (χ4n) is 1.59. The van der Waals surface area contributed by atoms with Crippen LogP contribution < -0.4 is 4.74 Å². The lowest BCUT2D eigenvalue weighted by molar-refractivity contribution is 0.484. The van der Waals surface area contributed by atoms with Crippen LogP contribution in [0.25, 0.3) is 5.65 Å². The van der Waals surface area contributed by atoms with E-state index in [0.29, 0.717) is 26.9 Å². The van der Waals surface area contributed by atoms with E-state index in [-0.39, 0.29) is 0 Å². The van der Waals surface area contributed by atoms with Gasteiger partial charge in [-0.2, -0.15) is 4.98 Å². The third kappa shape index (κ3) is 2.19. The topological polar surface area (TPSA) is 39.4 Å². The van der Waals surface area contributed by atoms with Gasteiger partial charge in [-0.25, -0.2) is 4.52 Å². The van der Waals surface area contributed by atoms with Crippen molar-refractivity contribution in [2.75, 3.05) is 0 Å². The second kappa shape index (κ2) is 4.59. The number of fused-ring (bicyclic) bond motifs is 1. The molecule has 3 rings (SSSR count). The number of benzene rings is 1. The van der Waals surface area contributed by atoms with E-state index in [2.05, 4.69) is 26.0 Å². The van der Waals surface area contributed by atoms with Crippen molar-refractivity contribution in [3.8, 4) is 11.5 Å². The van der Waals surface area contributed by atoms with Gasteiger partial charge in [0, 0.05) is 11.2 Å². The molecule has 0 spiro atoms. The number of ether oxygens (including phenoxy) is 1. The van der Waals surface area contributed by atoms with Gasteiger partial charge in [0.2, 0.25) is 4.73 Å². The summed E-state index contributed by atoms with van der Waals surface area (Å²) < 4.78 is 7.92. The first-order chi connectivity index (χ1) is 8.72. The van der Waals surface area contributed by atoms with Gasteiger partial charge in [0.1, 0.15) is 5.75 Å². The normalized spacial score (nSPS) is 10.8. The summed E-state index contributed by atoms with van der Waals surface area (Å²) in [6.45, 7) is 0. The van der Waals surface area contributed by atoms with E-state index in [1.54, 1.807) is 22.8 Å². The lowest BCUT2D eigenvalue weighted by Gasteiger charge is -2.06. The highest BCUT2D eigenvalue weighted by Crippen LogP contribution is 2.27. The number of hydrogen-bond donors (Lipinski definition) is 0. The third-order valence-electron chi connectivity index (χ3n) is 2.32. The fraction of sp³-hybridized carbons (Fsp3) is 0. The number of halogens is 2. The van der Waals surface area contributed by atoms with E-state index >= 15 is 0 Å². The zero-order chi connectivity index (χ0) is 12.5. The molecule has 6 heteroatoms. The number of aromatic nitrogens is 3. The van der Waals surface area contributed by atoms with Gasteiger partial charge in [0.15, 0.2) is 11.4 Å². The van der Waals surface area contributed by atoms with Crippen molar-refractivity contribution in [3.05, 3.63) is 52.4 Å². The van der Waals surface area contributed by atoms with Crippen LogP contribution in [-0.2, 0) is 0 Å². The summed E-state index contributed by atoms with van der Waals surface area (Å²) in [7, 11) is 0. The lowest BCUT2D eigenvalue weighted by Crippen LogP contribution is -1.91. The first kappa shape index (κ1) is 11.5. The Hall–Kier alpha value is -1.59. The molecule has 0 N–H and O–H groups in total. The second-order valence-electron chi connectivity index (χ2n) is 3.58. The van der Waals surface area contributed by atoms with Crippen LogP contribution in [-0.4, -0.2) is 14.6 Å². The summed E-state index contributed by atoms with van der Waals surface area (Å²) in [5.41, 5.74) is 0.643. The zero-order valence-corrected chi connectivity index (χ0v) is 11.4. The van der Waals surface area contributed by atoms with Crippen LogP contribution in [0.1, 0.15) is 0 Å². The Morgan fingerprint density at radius 3 is 2.94 bits per heavy atom. The molecule has 0 radical (unpaired) electrons. The molecule has 0 unspecified atom stereocenters. The van der Waals surface area contributed by atoms with Gasteiger partial charge in [0.05, 0.1) is 0 Å².